The van der Waals surface area contributed by atoms with Crippen LogP contribution in [0.15, 0.2) is 48.5 Å². The first-order valence-corrected chi connectivity index (χ1v) is 9.41. The van der Waals surface area contributed by atoms with Crippen molar-refractivity contribution in [3.63, 3.8) is 0 Å². The van der Waals surface area contributed by atoms with Crippen molar-refractivity contribution in [2.24, 2.45) is 0 Å². The summed E-state index contributed by atoms with van der Waals surface area (Å²) < 4.78 is 26.7. The first kappa shape index (κ1) is 17.9. The molecular formula is C21H23F2N3O. The normalized spacial score (nSPS) is 24.6. The summed E-state index contributed by atoms with van der Waals surface area (Å²) in [6.45, 7) is 0.940. The number of rotatable bonds is 4. The van der Waals surface area contributed by atoms with Crippen LogP contribution in [0.2, 0.25) is 0 Å². The molecule has 2 aromatic carbocycles. The average molecular weight is 371 g/mol. The van der Waals surface area contributed by atoms with Crippen molar-refractivity contribution < 1.29 is 13.6 Å². The van der Waals surface area contributed by atoms with E-state index in [0.717, 1.165) is 44.4 Å². The Morgan fingerprint density at radius 2 is 1.74 bits per heavy atom. The van der Waals surface area contributed by atoms with Crippen LogP contribution < -0.4 is 10.6 Å². The van der Waals surface area contributed by atoms with E-state index < -0.39 is 17.7 Å². The number of amides is 2. The maximum Gasteiger partial charge on any atom is 0.319 e. The minimum Gasteiger partial charge on any atom is -0.335 e. The largest absolute Gasteiger partial charge is 0.335 e. The standard InChI is InChI=1S/C21H23F2N3O/c22-15-6-9-20(19(23)10-15)25-21(27)24-16-11-17-7-8-18(12-16)26(17)13-14-4-2-1-3-5-14/h1-6,9-10,16-18H,7-8,11-13H2,(H2,24,25,27)/t16?,17-,18+. The van der Waals surface area contributed by atoms with E-state index >= 15 is 0 Å². The second-order valence-corrected chi connectivity index (χ2v) is 7.43. The monoisotopic (exact) mass is 371 g/mol. The summed E-state index contributed by atoms with van der Waals surface area (Å²) in [6.07, 6.45) is 4.07. The first-order chi connectivity index (χ1) is 13.1. The summed E-state index contributed by atoms with van der Waals surface area (Å²) in [4.78, 5) is 14.8. The van der Waals surface area contributed by atoms with Crippen LogP contribution in [0, 0.1) is 11.6 Å². The molecule has 0 aliphatic carbocycles. The number of urea groups is 1. The van der Waals surface area contributed by atoms with Gasteiger partial charge in [0.2, 0.25) is 0 Å². The van der Waals surface area contributed by atoms with Gasteiger partial charge in [-0.2, -0.15) is 0 Å². The molecule has 0 aromatic heterocycles. The van der Waals surface area contributed by atoms with Crippen molar-refractivity contribution in [1.29, 1.82) is 0 Å². The number of piperidine rings is 1. The van der Waals surface area contributed by atoms with Crippen molar-refractivity contribution in [2.45, 2.75) is 50.4 Å². The summed E-state index contributed by atoms with van der Waals surface area (Å²) in [5.41, 5.74) is 1.30. The van der Waals surface area contributed by atoms with Gasteiger partial charge in [-0.25, -0.2) is 13.6 Å². The van der Waals surface area contributed by atoms with Crippen LogP contribution in [0.25, 0.3) is 0 Å². The highest BCUT2D eigenvalue weighted by Gasteiger charge is 2.40. The summed E-state index contributed by atoms with van der Waals surface area (Å²) in [5, 5.41) is 5.44. The molecule has 2 aliphatic rings. The van der Waals surface area contributed by atoms with E-state index in [2.05, 4.69) is 39.8 Å². The molecule has 2 N–H and O–H groups in total. The summed E-state index contributed by atoms with van der Waals surface area (Å²) >= 11 is 0. The molecule has 27 heavy (non-hydrogen) atoms. The van der Waals surface area contributed by atoms with Crippen LogP contribution in [0.5, 0.6) is 0 Å². The zero-order valence-electron chi connectivity index (χ0n) is 15.0. The molecule has 142 valence electrons. The number of halogens is 2. The van der Waals surface area contributed by atoms with Gasteiger partial charge >= 0.3 is 6.03 Å². The molecular weight excluding hydrogens is 348 g/mol. The minimum atomic E-state index is -0.775. The van der Waals surface area contributed by atoms with Gasteiger partial charge in [0.1, 0.15) is 11.6 Å². The predicted molar refractivity (Wildman–Crippen MR) is 100 cm³/mol. The fraction of sp³-hybridized carbons (Fsp3) is 0.381. The summed E-state index contributed by atoms with van der Waals surface area (Å²) in [5.74, 6) is -1.44. The number of nitrogens with one attached hydrogen (secondary N) is 2. The molecule has 4 rings (SSSR count). The lowest BCUT2D eigenvalue weighted by Crippen LogP contribution is -2.50. The van der Waals surface area contributed by atoms with Gasteiger partial charge in [0.15, 0.2) is 0 Å². The van der Waals surface area contributed by atoms with E-state index in [9.17, 15) is 13.6 Å². The van der Waals surface area contributed by atoms with Crippen LogP contribution in [-0.2, 0) is 6.54 Å². The highest BCUT2D eigenvalue weighted by Crippen LogP contribution is 2.36. The number of hydrogen-bond donors (Lipinski definition) is 2. The highest BCUT2D eigenvalue weighted by atomic mass is 19.1. The minimum absolute atomic E-state index is 0.0154. The van der Waals surface area contributed by atoms with Gasteiger partial charge in [-0.1, -0.05) is 30.3 Å². The van der Waals surface area contributed by atoms with Crippen molar-refractivity contribution in [2.75, 3.05) is 5.32 Å². The van der Waals surface area contributed by atoms with Crippen LogP contribution in [-0.4, -0.2) is 29.1 Å². The Balaban J connectivity index is 1.33. The maximum atomic E-state index is 13.7. The molecule has 2 fully saturated rings. The lowest BCUT2D eigenvalue weighted by molar-refractivity contribution is 0.112. The van der Waals surface area contributed by atoms with Crippen LogP contribution in [0.1, 0.15) is 31.2 Å². The van der Waals surface area contributed by atoms with Gasteiger partial charge in [-0.3, -0.25) is 4.90 Å². The molecule has 0 spiro atoms. The smallest absolute Gasteiger partial charge is 0.319 e. The van der Waals surface area contributed by atoms with Gasteiger partial charge in [-0.05, 0) is 43.4 Å². The molecule has 2 bridgehead atoms. The van der Waals surface area contributed by atoms with Crippen molar-refractivity contribution >= 4 is 11.7 Å². The summed E-state index contributed by atoms with van der Waals surface area (Å²) in [6, 6.07) is 14.1. The highest BCUT2D eigenvalue weighted by molar-refractivity contribution is 5.89. The van der Waals surface area contributed by atoms with Gasteiger partial charge in [0.05, 0.1) is 5.69 Å². The molecule has 2 aromatic rings. The third kappa shape index (κ3) is 4.11. The molecule has 1 unspecified atom stereocenters. The van der Waals surface area contributed by atoms with E-state index in [1.165, 1.54) is 11.6 Å². The number of hydrogen-bond acceptors (Lipinski definition) is 2. The Hall–Kier alpha value is -2.47. The van der Waals surface area contributed by atoms with Crippen LogP contribution in [0.3, 0.4) is 0 Å². The number of benzene rings is 2. The predicted octanol–water partition coefficient (Wildman–Crippen LogP) is 4.28. The third-order valence-electron chi connectivity index (χ3n) is 5.61. The van der Waals surface area contributed by atoms with Gasteiger partial charge in [0, 0.05) is 30.7 Å². The van der Waals surface area contributed by atoms with Crippen molar-refractivity contribution in [3.05, 3.63) is 65.7 Å². The van der Waals surface area contributed by atoms with E-state index in [-0.39, 0.29) is 11.7 Å². The Morgan fingerprint density at radius 3 is 2.41 bits per heavy atom. The molecule has 6 heteroatoms. The Morgan fingerprint density at radius 1 is 1.04 bits per heavy atom. The molecule has 2 heterocycles. The molecule has 2 aliphatic heterocycles. The van der Waals surface area contributed by atoms with Crippen LogP contribution >= 0.6 is 0 Å². The maximum absolute atomic E-state index is 13.7. The fourth-order valence-electron chi connectivity index (χ4n) is 4.38. The quantitative estimate of drug-likeness (QED) is 0.842. The summed E-state index contributed by atoms with van der Waals surface area (Å²) in [7, 11) is 0. The number of carbonyl (C=O) groups excluding carboxylic acids is 1. The molecule has 0 radical (unpaired) electrons. The van der Waals surface area contributed by atoms with E-state index in [1.54, 1.807) is 0 Å². The van der Waals surface area contributed by atoms with Crippen molar-refractivity contribution in [3.8, 4) is 0 Å². The fourth-order valence-corrected chi connectivity index (χ4v) is 4.38. The molecule has 4 nitrogen and oxygen atoms in total. The number of nitrogens with zero attached hydrogens (tertiary/aromatic N) is 1. The lowest BCUT2D eigenvalue weighted by Gasteiger charge is -2.39. The molecule has 3 atom stereocenters. The topological polar surface area (TPSA) is 44.4 Å². The van der Waals surface area contributed by atoms with Crippen LogP contribution in [0.4, 0.5) is 19.3 Å². The zero-order chi connectivity index (χ0) is 18.8. The van der Waals surface area contributed by atoms with Gasteiger partial charge < -0.3 is 10.6 Å². The molecule has 2 amide bonds. The van der Waals surface area contributed by atoms with E-state index in [0.29, 0.717) is 12.1 Å². The number of anilines is 1. The first-order valence-electron chi connectivity index (χ1n) is 9.41. The second kappa shape index (κ2) is 7.64. The Kier molecular flexibility index (Phi) is 5.07. The SMILES string of the molecule is O=C(Nc1ccc(F)cc1F)NC1C[C@H]2CC[C@@H](C1)N2Cc1ccccc1. The average Bonchev–Trinajstić information content (AvgIpc) is 2.87. The number of fused-ring (bicyclic) bond motifs is 2. The molecule has 0 saturated carbocycles. The Bertz CT molecular complexity index is 800. The molecule has 2 saturated heterocycles. The van der Waals surface area contributed by atoms with Crippen molar-refractivity contribution in [1.82, 2.24) is 10.2 Å². The Labute approximate surface area is 157 Å². The van der Waals surface area contributed by atoms with E-state index in [4.69, 9.17) is 0 Å². The second-order valence-electron chi connectivity index (χ2n) is 7.43. The zero-order valence-corrected chi connectivity index (χ0v) is 15.0. The van der Waals surface area contributed by atoms with Gasteiger partial charge in [0.25, 0.3) is 0 Å². The number of carbonyl (C=O) groups is 1. The van der Waals surface area contributed by atoms with E-state index in [1.807, 2.05) is 6.07 Å². The van der Waals surface area contributed by atoms with Gasteiger partial charge in [-0.15, -0.1) is 0 Å². The third-order valence-corrected chi connectivity index (χ3v) is 5.61. The lowest BCUT2D eigenvalue weighted by atomic mass is 9.96.